The summed E-state index contributed by atoms with van der Waals surface area (Å²) in [7, 11) is 0. The van der Waals surface area contributed by atoms with Gasteiger partial charge in [-0.05, 0) is 48.6 Å². The number of carbonyl (C=O) groups is 2. The molecular weight excluding hydrogens is 470 g/mol. The van der Waals surface area contributed by atoms with Gasteiger partial charge in [-0.15, -0.1) is 0 Å². The third kappa shape index (κ3) is 4.76. The summed E-state index contributed by atoms with van der Waals surface area (Å²) in [5.41, 5.74) is 5.96. The summed E-state index contributed by atoms with van der Waals surface area (Å²) in [6.07, 6.45) is 1.22. The van der Waals surface area contributed by atoms with Crippen LogP contribution in [0.1, 0.15) is 43.9 Å². The lowest BCUT2D eigenvalue weighted by molar-refractivity contribution is -0.119. The molecule has 0 spiro atoms. The summed E-state index contributed by atoms with van der Waals surface area (Å²) < 4.78 is 0. The first-order chi connectivity index (χ1) is 17.2. The molecule has 0 aromatic heterocycles. The standard InChI is InChI=1S/C30H30ClN3O2/c1-19-12-14-20(15-13-19)29-28-24(16-30(2,3)17-26(28)35)32-23-10-6-7-11-25(23)34(29)18-27(36)33-22-9-5-4-8-21(22)31/h4-15,29,32H,16-18H2,1-3H3,(H,33,36)/t29-/m0/s1. The molecule has 6 heteroatoms. The summed E-state index contributed by atoms with van der Waals surface area (Å²) in [4.78, 5) is 29.2. The van der Waals surface area contributed by atoms with Crippen molar-refractivity contribution in [3.63, 3.8) is 0 Å². The summed E-state index contributed by atoms with van der Waals surface area (Å²) in [6.45, 7) is 6.35. The molecule has 36 heavy (non-hydrogen) atoms. The molecule has 3 aromatic rings. The van der Waals surface area contributed by atoms with Crippen LogP contribution in [0.15, 0.2) is 84.1 Å². The predicted octanol–water partition coefficient (Wildman–Crippen LogP) is 6.90. The maximum absolute atomic E-state index is 13.7. The van der Waals surface area contributed by atoms with E-state index in [2.05, 4.69) is 48.7 Å². The Labute approximate surface area is 217 Å². The number of carbonyl (C=O) groups excluding carboxylic acids is 2. The van der Waals surface area contributed by atoms with Crippen molar-refractivity contribution < 1.29 is 9.59 Å². The van der Waals surface area contributed by atoms with Crippen LogP contribution in [-0.4, -0.2) is 18.2 Å². The fourth-order valence-electron chi connectivity index (χ4n) is 5.23. The molecule has 2 N–H and O–H groups in total. The van der Waals surface area contributed by atoms with Crippen LogP contribution < -0.4 is 15.5 Å². The number of allylic oxidation sites excluding steroid dienone is 1. The first-order valence-electron chi connectivity index (χ1n) is 12.2. The molecule has 5 rings (SSSR count). The number of Topliss-reactive ketones (excluding diaryl/α,β-unsaturated/α-hetero) is 1. The van der Waals surface area contributed by atoms with Gasteiger partial charge >= 0.3 is 0 Å². The lowest BCUT2D eigenvalue weighted by Crippen LogP contribution is -2.40. The number of rotatable bonds is 4. The lowest BCUT2D eigenvalue weighted by Gasteiger charge is -2.38. The number of benzene rings is 3. The maximum Gasteiger partial charge on any atom is 0.243 e. The van der Waals surface area contributed by atoms with Gasteiger partial charge in [-0.25, -0.2) is 0 Å². The smallest absolute Gasteiger partial charge is 0.243 e. The molecule has 1 aliphatic carbocycles. The summed E-state index contributed by atoms with van der Waals surface area (Å²) in [5.74, 6) is -0.0914. The lowest BCUT2D eigenvalue weighted by atomic mass is 9.73. The van der Waals surface area contributed by atoms with Gasteiger partial charge in [0.1, 0.15) is 0 Å². The molecule has 0 saturated carbocycles. The number of aryl methyl sites for hydroxylation is 1. The number of hydrogen-bond acceptors (Lipinski definition) is 4. The van der Waals surface area contributed by atoms with E-state index in [1.165, 1.54) is 0 Å². The van der Waals surface area contributed by atoms with Crippen LogP contribution in [0.5, 0.6) is 0 Å². The van der Waals surface area contributed by atoms with Crippen molar-refractivity contribution >= 4 is 40.4 Å². The average molecular weight is 500 g/mol. The molecule has 184 valence electrons. The monoisotopic (exact) mass is 499 g/mol. The van der Waals surface area contributed by atoms with Crippen molar-refractivity contribution in [2.75, 3.05) is 22.1 Å². The van der Waals surface area contributed by atoms with E-state index in [-0.39, 0.29) is 23.7 Å². The van der Waals surface area contributed by atoms with E-state index in [9.17, 15) is 9.59 Å². The van der Waals surface area contributed by atoms with Gasteiger partial charge in [0.05, 0.1) is 34.7 Å². The fourth-order valence-corrected chi connectivity index (χ4v) is 5.41. The Bertz CT molecular complexity index is 1360. The first kappa shape index (κ1) is 24.1. The van der Waals surface area contributed by atoms with Gasteiger partial charge in [0.2, 0.25) is 5.91 Å². The number of nitrogens with one attached hydrogen (secondary N) is 2. The van der Waals surface area contributed by atoms with Crippen molar-refractivity contribution in [3.05, 3.63) is 100 Å². The Morgan fingerprint density at radius 2 is 1.72 bits per heavy atom. The Balaban J connectivity index is 1.64. The Morgan fingerprint density at radius 1 is 1.03 bits per heavy atom. The molecule has 0 saturated heterocycles. The molecule has 1 heterocycles. The van der Waals surface area contributed by atoms with Gasteiger partial charge in [-0.1, -0.05) is 79.5 Å². The molecule has 1 amide bonds. The summed E-state index contributed by atoms with van der Waals surface area (Å²) in [6, 6.07) is 22.9. The van der Waals surface area contributed by atoms with E-state index >= 15 is 0 Å². The minimum Gasteiger partial charge on any atom is -0.357 e. The average Bonchev–Trinajstić information content (AvgIpc) is 2.95. The molecule has 0 fully saturated rings. The van der Waals surface area contributed by atoms with E-state index in [0.29, 0.717) is 17.1 Å². The summed E-state index contributed by atoms with van der Waals surface area (Å²) in [5, 5.41) is 7.02. The predicted molar refractivity (Wildman–Crippen MR) is 146 cm³/mol. The number of hydrogen-bond donors (Lipinski definition) is 2. The highest BCUT2D eigenvalue weighted by atomic mass is 35.5. The second-order valence-electron chi connectivity index (χ2n) is 10.4. The second-order valence-corrected chi connectivity index (χ2v) is 10.9. The van der Waals surface area contributed by atoms with Gasteiger partial charge in [-0.3, -0.25) is 9.59 Å². The zero-order chi connectivity index (χ0) is 25.4. The van der Waals surface area contributed by atoms with E-state index < -0.39 is 6.04 Å². The normalized spacial score (nSPS) is 18.6. The highest BCUT2D eigenvalue weighted by Crippen LogP contribution is 2.48. The van der Waals surface area contributed by atoms with Gasteiger partial charge in [0.15, 0.2) is 5.78 Å². The number of halogens is 1. The molecule has 2 aliphatic rings. The van der Waals surface area contributed by atoms with Crippen LogP contribution in [0, 0.1) is 12.3 Å². The van der Waals surface area contributed by atoms with E-state index in [1.54, 1.807) is 12.1 Å². The van der Waals surface area contributed by atoms with Crippen LogP contribution in [0.4, 0.5) is 17.1 Å². The number of ketones is 1. The summed E-state index contributed by atoms with van der Waals surface area (Å²) >= 11 is 6.30. The first-order valence-corrected chi connectivity index (χ1v) is 12.6. The third-order valence-electron chi connectivity index (χ3n) is 6.86. The highest BCUT2D eigenvalue weighted by Gasteiger charge is 2.41. The van der Waals surface area contributed by atoms with Crippen LogP contribution in [0.25, 0.3) is 0 Å². The van der Waals surface area contributed by atoms with E-state index in [1.807, 2.05) is 48.2 Å². The number of para-hydroxylation sites is 3. The molecule has 5 nitrogen and oxygen atoms in total. The topological polar surface area (TPSA) is 61.4 Å². The second kappa shape index (κ2) is 9.47. The van der Waals surface area contributed by atoms with Crippen LogP contribution in [-0.2, 0) is 9.59 Å². The fraction of sp³-hybridized carbons (Fsp3) is 0.267. The molecular formula is C30H30ClN3O2. The zero-order valence-electron chi connectivity index (χ0n) is 20.8. The van der Waals surface area contributed by atoms with Crippen molar-refractivity contribution in [1.29, 1.82) is 0 Å². The van der Waals surface area contributed by atoms with E-state index in [4.69, 9.17) is 11.6 Å². The minimum absolute atomic E-state index is 0.0515. The van der Waals surface area contributed by atoms with Crippen molar-refractivity contribution in [2.24, 2.45) is 5.41 Å². The van der Waals surface area contributed by atoms with Crippen LogP contribution in [0.3, 0.4) is 0 Å². The van der Waals surface area contributed by atoms with Crippen molar-refractivity contribution in [2.45, 2.75) is 39.7 Å². The number of nitrogens with zero attached hydrogens (tertiary/aromatic N) is 1. The number of amides is 1. The molecule has 1 atom stereocenters. The van der Waals surface area contributed by atoms with Gasteiger partial charge in [0, 0.05) is 17.7 Å². The van der Waals surface area contributed by atoms with E-state index in [0.717, 1.165) is 40.2 Å². The van der Waals surface area contributed by atoms with Crippen molar-refractivity contribution in [3.8, 4) is 0 Å². The minimum atomic E-state index is -0.405. The Kier molecular flexibility index (Phi) is 6.35. The number of anilines is 3. The zero-order valence-corrected chi connectivity index (χ0v) is 21.5. The quantitative estimate of drug-likeness (QED) is 0.409. The van der Waals surface area contributed by atoms with Gasteiger partial charge < -0.3 is 15.5 Å². The van der Waals surface area contributed by atoms with Gasteiger partial charge in [-0.2, -0.15) is 0 Å². The third-order valence-corrected chi connectivity index (χ3v) is 7.19. The van der Waals surface area contributed by atoms with Gasteiger partial charge in [0.25, 0.3) is 0 Å². The number of fused-ring (bicyclic) bond motifs is 1. The maximum atomic E-state index is 13.7. The molecule has 0 unspecified atom stereocenters. The largest absolute Gasteiger partial charge is 0.357 e. The Hall–Kier alpha value is -3.57. The van der Waals surface area contributed by atoms with Crippen LogP contribution >= 0.6 is 11.6 Å². The molecule has 3 aromatic carbocycles. The molecule has 1 aliphatic heterocycles. The molecule has 0 bridgehead atoms. The SMILES string of the molecule is Cc1ccc([C@H]2C3=C(CC(C)(C)CC3=O)Nc3ccccc3N2CC(=O)Nc2ccccc2Cl)cc1. The molecule has 0 radical (unpaired) electrons. The van der Waals surface area contributed by atoms with Crippen LogP contribution in [0.2, 0.25) is 5.02 Å². The Morgan fingerprint density at radius 3 is 2.47 bits per heavy atom. The van der Waals surface area contributed by atoms with Crippen molar-refractivity contribution in [1.82, 2.24) is 0 Å². The highest BCUT2D eigenvalue weighted by molar-refractivity contribution is 6.33.